The molecule has 0 saturated carbocycles. The number of aromatic nitrogens is 3. The van der Waals surface area contributed by atoms with Gasteiger partial charge in [-0.15, -0.1) is 10.2 Å². The zero-order valence-corrected chi connectivity index (χ0v) is 8.65. The van der Waals surface area contributed by atoms with Crippen LogP contribution in [0.1, 0.15) is 37.9 Å². The van der Waals surface area contributed by atoms with Crippen LogP contribution >= 0.6 is 0 Å². The molecule has 2 rings (SSSR count). The maximum absolute atomic E-state index is 5.34. The molecule has 0 spiro atoms. The number of hydrogen-bond donors (Lipinski definition) is 0. The first-order chi connectivity index (χ1) is 6.92. The molecule has 1 aromatic heterocycles. The predicted molar refractivity (Wildman–Crippen MR) is 53.1 cm³/mol. The number of rotatable bonds is 3. The van der Waals surface area contributed by atoms with Gasteiger partial charge in [0.25, 0.3) is 0 Å². The van der Waals surface area contributed by atoms with Gasteiger partial charge in [-0.2, -0.15) is 0 Å². The number of nitrogens with zero attached hydrogens (tertiary/aromatic N) is 3. The molecule has 0 bridgehead atoms. The minimum atomic E-state index is 0.554. The summed E-state index contributed by atoms with van der Waals surface area (Å²) in [5.74, 6) is 1.70. The fraction of sp³-hybridized carbons (Fsp3) is 0.800. The molecule has 1 aliphatic heterocycles. The second-order valence-corrected chi connectivity index (χ2v) is 3.77. The molecule has 0 aliphatic carbocycles. The van der Waals surface area contributed by atoms with Gasteiger partial charge in [-0.1, -0.05) is 6.92 Å². The van der Waals surface area contributed by atoms with E-state index in [0.29, 0.717) is 5.92 Å². The molecule has 4 nitrogen and oxygen atoms in total. The van der Waals surface area contributed by atoms with Gasteiger partial charge in [0.2, 0.25) is 0 Å². The Morgan fingerprint density at radius 1 is 1.50 bits per heavy atom. The van der Waals surface area contributed by atoms with E-state index >= 15 is 0 Å². The molecule has 1 aromatic rings. The first-order valence-electron chi connectivity index (χ1n) is 5.37. The zero-order chi connectivity index (χ0) is 9.80. The fourth-order valence-electron chi connectivity index (χ4n) is 1.95. The van der Waals surface area contributed by atoms with E-state index in [9.17, 15) is 0 Å². The highest BCUT2D eigenvalue weighted by atomic mass is 16.5. The highest BCUT2D eigenvalue weighted by Crippen LogP contribution is 2.24. The molecule has 0 atom stereocenters. The molecule has 0 radical (unpaired) electrons. The van der Waals surface area contributed by atoms with Crippen LogP contribution in [0.15, 0.2) is 6.33 Å². The van der Waals surface area contributed by atoms with Crippen molar-refractivity contribution in [3.8, 4) is 0 Å². The van der Waals surface area contributed by atoms with Crippen LogP contribution in [0.5, 0.6) is 0 Å². The van der Waals surface area contributed by atoms with E-state index in [1.165, 1.54) is 0 Å². The van der Waals surface area contributed by atoms with Crippen LogP contribution in [0, 0.1) is 0 Å². The van der Waals surface area contributed by atoms with Gasteiger partial charge in [0.15, 0.2) is 0 Å². The van der Waals surface area contributed by atoms with Gasteiger partial charge in [-0.05, 0) is 19.3 Å². The van der Waals surface area contributed by atoms with Crippen LogP contribution in [-0.2, 0) is 11.3 Å². The summed E-state index contributed by atoms with van der Waals surface area (Å²) >= 11 is 0. The molecule has 14 heavy (non-hydrogen) atoms. The number of aryl methyl sites for hydroxylation is 1. The van der Waals surface area contributed by atoms with Crippen LogP contribution in [0.4, 0.5) is 0 Å². The quantitative estimate of drug-likeness (QED) is 0.735. The van der Waals surface area contributed by atoms with Crippen molar-refractivity contribution in [3.63, 3.8) is 0 Å². The minimum absolute atomic E-state index is 0.554. The predicted octanol–water partition coefficient (Wildman–Crippen LogP) is 1.58. The molecule has 0 aromatic carbocycles. The SMILES string of the molecule is CCCn1cnnc1C1CCOCC1. The van der Waals surface area contributed by atoms with Crippen LogP contribution in [0.3, 0.4) is 0 Å². The van der Waals surface area contributed by atoms with Crippen LogP contribution in [0.2, 0.25) is 0 Å². The Balaban J connectivity index is 2.09. The second kappa shape index (κ2) is 4.55. The molecule has 1 saturated heterocycles. The highest BCUT2D eigenvalue weighted by Gasteiger charge is 2.20. The highest BCUT2D eigenvalue weighted by molar-refractivity contribution is 4.97. The lowest BCUT2D eigenvalue weighted by Crippen LogP contribution is -2.18. The van der Waals surface area contributed by atoms with Gasteiger partial charge in [-0.25, -0.2) is 0 Å². The summed E-state index contributed by atoms with van der Waals surface area (Å²) in [5.41, 5.74) is 0. The van der Waals surface area contributed by atoms with Gasteiger partial charge in [0.1, 0.15) is 12.2 Å². The van der Waals surface area contributed by atoms with Gasteiger partial charge >= 0.3 is 0 Å². The molecule has 1 fully saturated rings. The molecule has 78 valence electrons. The third-order valence-corrected chi connectivity index (χ3v) is 2.70. The van der Waals surface area contributed by atoms with E-state index in [1.807, 2.05) is 6.33 Å². The standard InChI is InChI=1S/C10H17N3O/c1-2-5-13-8-11-12-10(13)9-3-6-14-7-4-9/h8-9H,2-7H2,1H3. The first-order valence-corrected chi connectivity index (χ1v) is 5.37. The summed E-state index contributed by atoms with van der Waals surface area (Å²) < 4.78 is 7.52. The molecule has 0 N–H and O–H groups in total. The van der Waals surface area contributed by atoms with E-state index in [1.54, 1.807) is 0 Å². The Hall–Kier alpha value is -0.900. The lowest BCUT2D eigenvalue weighted by molar-refractivity contribution is 0.0827. The van der Waals surface area contributed by atoms with E-state index in [0.717, 1.165) is 44.8 Å². The lowest BCUT2D eigenvalue weighted by Gasteiger charge is -2.21. The Bertz CT molecular complexity index is 279. The summed E-state index contributed by atoms with van der Waals surface area (Å²) in [6.07, 6.45) is 5.15. The minimum Gasteiger partial charge on any atom is -0.381 e. The topological polar surface area (TPSA) is 39.9 Å². The Morgan fingerprint density at radius 2 is 2.29 bits per heavy atom. The normalized spacial score (nSPS) is 18.6. The van der Waals surface area contributed by atoms with Gasteiger partial charge in [-0.3, -0.25) is 0 Å². The summed E-state index contributed by atoms with van der Waals surface area (Å²) in [5, 5.41) is 8.20. The molecular formula is C10H17N3O. The summed E-state index contributed by atoms with van der Waals surface area (Å²) in [6, 6.07) is 0. The zero-order valence-electron chi connectivity index (χ0n) is 8.65. The van der Waals surface area contributed by atoms with E-state index < -0.39 is 0 Å². The van der Waals surface area contributed by atoms with Crippen molar-refractivity contribution in [1.29, 1.82) is 0 Å². The Morgan fingerprint density at radius 3 is 3.00 bits per heavy atom. The van der Waals surface area contributed by atoms with Crippen LogP contribution in [-0.4, -0.2) is 28.0 Å². The molecule has 0 amide bonds. The summed E-state index contributed by atoms with van der Waals surface area (Å²) in [7, 11) is 0. The molecule has 4 heteroatoms. The molecule has 1 aliphatic rings. The number of ether oxygens (including phenoxy) is 1. The molecular weight excluding hydrogens is 178 g/mol. The number of hydrogen-bond acceptors (Lipinski definition) is 3. The average molecular weight is 195 g/mol. The van der Waals surface area contributed by atoms with E-state index in [2.05, 4.69) is 21.7 Å². The van der Waals surface area contributed by atoms with Gasteiger partial charge in [0.05, 0.1) is 0 Å². The van der Waals surface area contributed by atoms with Crippen molar-refractivity contribution in [2.75, 3.05) is 13.2 Å². The Labute approximate surface area is 84.3 Å². The molecule has 2 heterocycles. The van der Waals surface area contributed by atoms with E-state index in [4.69, 9.17) is 4.74 Å². The van der Waals surface area contributed by atoms with Crippen LogP contribution in [0.25, 0.3) is 0 Å². The van der Waals surface area contributed by atoms with E-state index in [-0.39, 0.29) is 0 Å². The van der Waals surface area contributed by atoms with Crippen molar-refractivity contribution in [1.82, 2.24) is 14.8 Å². The average Bonchev–Trinajstić information content (AvgIpc) is 2.68. The van der Waals surface area contributed by atoms with Crippen molar-refractivity contribution in [2.24, 2.45) is 0 Å². The van der Waals surface area contributed by atoms with Crippen molar-refractivity contribution in [2.45, 2.75) is 38.6 Å². The van der Waals surface area contributed by atoms with Crippen molar-refractivity contribution in [3.05, 3.63) is 12.2 Å². The lowest BCUT2D eigenvalue weighted by atomic mass is 9.99. The monoisotopic (exact) mass is 195 g/mol. The van der Waals surface area contributed by atoms with Crippen molar-refractivity contribution >= 4 is 0 Å². The Kier molecular flexibility index (Phi) is 3.14. The van der Waals surface area contributed by atoms with Crippen LogP contribution < -0.4 is 0 Å². The van der Waals surface area contributed by atoms with Crippen molar-refractivity contribution < 1.29 is 4.74 Å². The summed E-state index contributed by atoms with van der Waals surface area (Å²) in [4.78, 5) is 0. The second-order valence-electron chi connectivity index (χ2n) is 3.77. The third kappa shape index (κ3) is 1.95. The fourth-order valence-corrected chi connectivity index (χ4v) is 1.95. The molecule has 0 unspecified atom stereocenters. The maximum Gasteiger partial charge on any atom is 0.136 e. The third-order valence-electron chi connectivity index (χ3n) is 2.70. The first kappa shape index (κ1) is 9.65. The summed E-state index contributed by atoms with van der Waals surface area (Å²) in [6.45, 7) is 4.93. The largest absolute Gasteiger partial charge is 0.381 e. The van der Waals surface area contributed by atoms with Gasteiger partial charge < -0.3 is 9.30 Å². The smallest absolute Gasteiger partial charge is 0.136 e. The van der Waals surface area contributed by atoms with Gasteiger partial charge in [0, 0.05) is 25.7 Å². The maximum atomic E-state index is 5.34.